The minimum Gasteiger partial charge on any atom is -0.330 e. The third-order valence-corrected chi connectivity index (χ3v) is 1.55. The Labute approximate surface area is 84.9 Å². The van der Waals surface area contributed by atoms with E-state index in [1.807, 2.05) is 0 Å². The van der Waals surface area contributed by atoms with Crippen LogP contribution in [0.4, 0.5) is 17.6 Å². The molecule has 6 heteroatoms. The number of hydrogen-bond donors (Lipinski definition) is 0. The van der Waals surface area contributed by atoms with Gasteiger partial charge >= 0.3 is 12.3 Å². The third-order valence-electron chi connectivity index (χ3n) is 1.55. The maximum absolute atomic E-state index is 12.6. The van der Waals surface area contributed by atoms with E-state index in [1.54, 1.807) is 0 Å². The summed E-state index contributed by atoms with van der Waals surface area (Å²) in [5, 5.41) is 0. The van der Waals surface area contributed by atoms with Gasteiger partial charge in [0.2, 0.25) is 0 Å². The van der Waals surface area contributed by atoms with Gasteiger partial charge < -0.3 is 4.90 Å². The summed E-state index contributed by atoms with van der Waals surface area (Å²) in [5.74, 6) is -6.58. The largest absolute Gasteiger partial charge is 0.383 e. The van der Waals surface area contributed by atoms with Crippen LogP contribution >= 0.6 is 0 Å². The van der Waals surface area contributed by atoms with Crippen molar-refractivity contribution in [3.05, 3.63) is 25.3 Å². The van der Waals surface area contributed by atoms with Gasteiger partial charge in [0.25, 0.3) is 5.91 Å². The molecule has 0 aliphatic heterocycles. The number of nitrogens with zero attached hydrogens (tertiary/aromatic N) is 1. The molecule has 0 saturated carbocycles. The van der Waals surface area contributed by atoms with Gasteiger partial charge in [-0.3, -0.25) is 4.79 Å². The van der Waals surface area contributed by atoms with Crippen molar-refractivity contribution >= 4 is 5.91 Å². The fourth-order valence-corrected chi connectivity index (χ4v) is 0.856. The zero-order valence-corrected chi connectivity index (χ0v) is 7.93. The minimum atomic E-state index is -4.66. The maximum Gasteiger partial charge on any atom is 0.383 e. The Morgan fingerprint density at radius 2 is 1.67 bits per heavy atom. The minimum absolute atomic E-state index is 0.229. The molecule has 0 rings (SSSR count). The highest BCUT2D eigenvalue weighted by molar-refractivity contribution is 5.84. The fourth-order valence-electron chi connectivity index (χ4n) is 0.856. The SMILES string of the molecule is C=CCN(CC=C)C(=O)C(F)(F)C(F)F. The van der Waals surface area contributed by atoms with Gasteiger partial charge in [-0.15, -0.1) is 13.2 Å². The molecular weight excluding hydrogens is 214 g/mol. The molecule has 0 N–H and O–H groups in total. The van der Waals surface area contributed by atoms with Crippen LogP contribution in [0.2, 0.25) is 0 Å². The van der Waals surface area contributed by atoms with Crippen molar-refractivity contribution in [3.63, 3.8) is 0 Å². The summed E-state index contributed by atoms with van der Waals surface area (Å²) in [4.78, 5) is 11.5. The number of alkyl halides is 4. The molecule has 0 unspecified atom stereocenters. The van der Waals surface area contributed by atoms with E-state index in [9.17, 15) is 22.4 Å². The number of carbonyl (C=O) groups is 1. The predicted molar refractivity (Wildman–Crippen MR) is 47.9 cm³/mol. The van der Waals surface area contributed by atoms with E-state index in [-0.39, 0.29) is 13.1 Å². The van der Waals surface area contributed by atoms with E-state index < -0.39 is 18.3 Å². The van der Waals surface area contributed by atoms with Crippen LogP contribution in [-0.4, -0.2) is 36.2 Å². The van der Waals surface area contributed by atoms with Crippen LogP contribution in [0.15, 0.2) is 25.3 Å². The van der Waals surface area contributed by atoms with Crippen molar-refractivity contribution in [2.45, 2.75) is 12.3 Å². The molecule has 0 spiro atoms. The highest BCUT2D eigenvalue weighted by Crippen LogP contribution is 2.25. The van der Waals surface area contributed by atoms with Crippen molar-refractivity contribution in [3.8, 4) is 0 Å². The third kappa shape index (κ3) is 3.38. The summed E-state index contributed by atoms with van der Waals surface area (Å²) < 4.78 is 49.0. The Morgan fingerprint density at radius 3 is 1.93 bits per heavy atom. The van der Waals surface area contributed by atoms with Gasteiger partial charge in [-0.05, 0) is 0 Å². The normalized spacial score (nSPS) is 11.3. The molecule has 0 heterocycles. The second-order valence-corrected chi connectivity index (χ2v) is 2.71. The van der Waals surface area contributed by atoms with E-state index in [2.05, 4.69) is 13.2 Å². The molecular formula is C9H11F4NO. The lowest BCUT2D eigenvalue weighted by Gasteiger charge is -2.24. The zero-order chi connectivity index (χ0) is 12.1. The van der Waals surface area contributed by atoms with Crippen LogP contribution in [0, 0.1) is 0 Å². The maximum atomic E-state index is 12.6. The molecule has 0 fully saturated rings. The Balaban J connectivity index is 4.75. The molecule has 0 aliphatic carbocycles. The average molecular weight is 225 g/mol. The molecule has 0 aromatic rings. The van der Waals surface area contributed by atoms with E-state index in [0.717, 1.165) is 0 Å². The van der Waals surface area contributed by atoms with Crippen molar-refractivity contribution in [1.82, 2.24) is 4.90 Å². The Bertz CT molecular complexity index is 242. The van der Waals surface area contributed by atoms with Gasteiger partial charge in [0, 0.05) is 13.1 Å². The zero-order valence-electron chi connectivity index (χ0n) is 7.93. The number of halogens is 4. The molecule has 0 atom stereocenters. The van der Waals surface area contributed by atoms with Gasteiger partial charge in [0.1, 0.15) is 0 Å². The van der Waals surface area contributed by atoms with E-state index in [4.69, 9.17) is 0 Å². The molecule has 0 aliphatic rings. The van der Waals surface area contributed by atoms with Crippen molar-refractivity contribution in [2.24, 2.45) is 0 Å². The van der Waals surface area contributed by atoms with E-state index in [0.29, 0.717) is 4.90 Å². The summed E-state index contributed by atoms with van der Waals surface area (Å²) in [6, 6.07) is 0. The molecule has 0 aromatic carbocycles. The first-order valence-corrected chi connectivity index (χ1v) is 4.05. The lowest BCUT2D eigenvalue weighted by Crippen LogP contribution is -2.47. The lowest BCUT2D eigenvalue weighted by molar-refractivity contribution is -0.179. The second kappa shape index (κ2) is 5.53. The summed E-state index contributed by atoms with van der Waals surface area (Å²) in [7, 11) is 0. The van der Waals surface area contributed by atoms with Gasteiger partial charge in [-0.2, -0.15) is 8.78 Å². The number of hydrogen-bond acceptors (Lipinski definition) is 1. The molecule has 0 saturated heterocycles. The van der Waals surface area contributed by atoms with Crippen molar-refractivity contribution < 1.29 is 22.4 Å². The molecule has 0 aromatic heterocycles. The second-order valence-electron chi connectivity index (χ2n) is 2.71. The summed E-state index contributed by atoms with van der Waals surface area (Å²) in [6.45, 7) is 6.00. The lowest BCUT2D eigenvalue weighted by atomic mass is 10.3. The van der Waals surface area contributed by atoms with Gasteiger partial charge in [0.05, 0.1) is 0 Å². The standard InChI is InChI=1S/C9H11F4NO/c1-3-5-14(6-4-2)8(15)9(12,13)7(10)11/h3-4,7H,1-2,5-6H2. The van der Waals surface area contributed by atoms with E-state index in [1.165, 1.54) is 12.2 Å². The predicted octanol–water partition coefficient (Wildman–Crippen LogP) is 2.09. The van der Waals surface area contributed by atoms with E-state index >= 15 is 0 Å². The van der Waals surface area contributed by atoms with Gasteiger partial charge in [-0.25, -0.2) is 8.78 Å². The molecule has 0 bridgehead atoms. The molecule has 0 radical (unpaired) electrons. The van der Waals surface area contributed by atoms with Crippen molar-refractivity contribution in [1.29, 1.82) is 0 Å². The van der Waals surface area contributed by atoms with Gasteiger partial charge in [-0.1, -0.05) is 12.2 Å². The van der Waals surface area contributed by atoms with Crippen LogP contribution in [-0.2, 0) is 4.79 Å². The fraction of sp³-hybridized carbons (Fsp3) is 0.444. The Kier molecular flexibility index (Phi) is 5.04. The summed E-state index contributed by atoms with van der Waals surface area (Å²) in [5.41, 5.74) is 0. The number of rotatable bonds is 6. The Morgan fingerprint density at radius 1 is 1.27 bits per heavy atom. The summed E-state index contributed by atoms with van der Waals surface area (Å²) in [6.07, 6.45) is -1.67. The monoisotopic (exact) mass is 225 g/mol. The smallest absolute Gasteiger partial charge is 0.330 e. The first kappa shape index (κ1) is 13.7. The van der Waals surface area contributed by atoms with Crippen LogP contribution < -0.4 is 0 Å². The van der Waals surface area contributed by atoms with Crippen molar-refractivity contribution in [2.75, 3.05) is 13.1 Å². The first-order valence-electron chi connectivity index (χ1n) is 4.05. The van der Waals surface area contributed by atoms with Crippen LogP contribution in [0.5, 0.6) is 0 Å². The topological polar surface area (TPSA) is 20.3 Å². The highest BCUT2D eigenvalue weighted by Gasteiger charge is 2.50. The Hall–Kier alpha value is -1.33. The molecule has 2 nitrogen and oxygen atoms in total. The highest BCUT2D eigenvalue weighted by atomic mass is 19.3. The first-order chi connectivity index (χ1) is 6.87. The average Bonchev–Trinajstić information content (AvgIpc) is 2.16. The van der Waals surface area contributed by atoms with Gasteiger partial charge in [0.15, 0.2) is 0 Å². The van der Waals surface area contributed by atoms with Crippen LogP contribution in [0.25, 0.3) is 0 Å². The number of amides is 1. The van der Waals surface area contributed by atoms with Crippen LogP contribution in [0.1, 0.15) is 0 Å². The molecule has 1 amide bonds. The van der Waals surface area contributed by atoms with Crippen LogP contribution in [0.3, 0.4) is 0 Å². The number of carbonyl (C=O) groups excluding carboxylic acids is 1. The molecule has 15 heavy (non-hydrogen) atoms. The molecule has 86 valence electrons. The quantitative estimate of drug-likeness (QED) is 0.500. The summed E-state index contributed by atoms with van der Waals surface area (Å²) >= 11 is 0.